The Morgan fingerprint density at radius 3 is 2.69 bits per heavy atom. The van der Waals surface area contributed by atoms with Crippen molar-refractivity contribution in [3.8, 4) is 0 Å². The number of rotatable bonds is 5. The minimum absolute atomic E-state index is 0.0523. The number of benzene rings is 2. The summed E-state index contributed by atoms with van der Waals surface area (Å²) in [7, 11) is 0. The Morgan fingerprint density at radius 1 is 1.17 bits per heavy atom. The van der Waals surface area contributed by atoms with E-state index in [1.165, 1.54) is 11.3 Å². The molecule has 0 unspecified atom stereocenters. The van der Waals surface area contributed by atoms with Crippen LogP contribution in [-0.4, -0.2) is 21.9 Å². The summed E-state index contributed by atoms with van der Waals surface area (Å²) in [5.41, 5.74) is 2.80. The Hall–Kier alpha value is -2.55. The lowest BCUT2D eigenvalue weighted by Gasteiger charge is -2.10. The highest BCUT2D eigenvalue weighted by molar-refractivity contribution is 7.80. The van der Waals surface area contributed by atoms with Crippen molar-refractivity contribution in [1.82, 2.24) is 10.3 Å². The molecule has 150 valence electrons. The number of nitrogens with one attached hydrogen (secondary N) is 3. The quantitative estimate of drug-likeness (QED) is 0.473. The zero-order valence-corrected chi connectivity index (χ0v) is 18.2. The predicted molar refractivity (Wildman–Crippen MR) is 123 cm³/mol. The van der Waals surface area contributed by atoms with Crippen LogP contribution >= 0.6 is 35.2 Å². The number of hydrogen-bond acceptors (Lipinski definition) is 5. The van der Waals surface area contributed by atoms with Crippen LogP contribution in [0.25, 0.3) is 10.2 Å². The molecule has 9 heteroatoms. The summed E-state index contributed by atoms with van der Waals surface area (Å²) >= 11 is 12.7. The molecule has 0 aliphatic carbocycles. The van der Waals surface area contributed by atoms with Crippen LogP contribution in [0.5, 0.6) is 0 Å². The molecule has 3 N–H and O–H groups in total. The van der Waals surface area contributed by atoms with Gasteiger partial charge in [-0.1, -0.05) is 35.9 Å². The third-order valence-corrected chi connectivity index (χ3v) is 5.42. The maximum absolute atomic E-state index is 12.4. The Kier molecular flexibility index (Phi) is 6.79. The number of fused-ring (bicyclic) bond motifs is 1. The van der Waals surface area contributed by atoms with Crippen LogP contribution < -0.4 is 16.0 Å². The molecule has 3 rings (SSSR count). The fourth-order valence-electron chi connectivity index (χ4n) is 2.60. The van der Waals surface area contributed by atoms with Crippen LogP contribution in [0.3, 0.4) is 0 Å². The van der Waals surface area contributed by atoms with E-state index in [0.717, 1.165) is 22.2 Å². The zero-order valence-electron chi connectivity index (χ0n) is 15.8. The summed E-state index contributed by atoms with van der Waals surface area (Å²) < 4.78 is 0.887. The molecule has 6 nitrogen and oxygen atoms in total. The Labute approximate surface area is 182 Å². The summed E-state index contributed by atoms with van der Waals surface area (Å²) in [6.45, 7) is 3.85. The minimum Gasteiger partial charge on any atom is -0.332 e. The van der Waals surface area contributed by atoms with Crippen LogP contribution in [0, 0.1) is 6.92 Å². The van der Waals surface area contributed by atoms with Crippen molar-refractivity contribution in [2.24, 2.45) is 0 Å². The second-order valence-corrected chi connectivity index (χ2v) is 8.24. The number of thiocarbonyl (C=S) groups is 1. The third kappa shape index (κ3) is 5.50. The number of nitrogens with zero attached hydrogens (tertiary/aromatic N) is 1. The molecule has 0 atom stereocenters. The summed E-state index contributed by atoms with van der Waals surface area (Å²) in [6.07, 6.45) is 1.24. The first-order chi connectivity index (χ1) is 13.9. The smallest absolute Gasteiger partial charge is 0.258 e. The molecule has 1 aromatic heterocycles. The average molecular weight is 447 g/mol. The van der Waals surface area contributed by atoms with Gasteiger partial charge in [-0.25, -0.2) is 4.98 Å². The standard InChI is InChI=1S/C20H19ClN4O2S2/c1-3-4-17(26)24-20-23-15-8-6-12(10-16(15)29-20)22-19(28)25-18(27)13-7-5-11(2)9-14(13)21/h5-10H,3-4H2,1-2H3,(H,23,24,26)(H2,22,25,27,28). The number of halogens is 1. The van der Waals surface area contributed by atoms with E-state index in [1.807, 2.05) is 32.0 Å². The van der Waals surface area contributed by atoms with Gasteiger partial charge in [0, 0.05) is 12.1 Å². The van der Waals surface area contributed by atoms with Crippen LogP contribution in [0.1, 0.15) is 35.7 Å². The van der Waals surface area contributed by atoms with Gasteiger partial charge in [0.1, 0.15) is 0 Å². The van der Waals surface area contributed by atoms with E-state index in [4.69, 9.17) is 23.8 Å². The molecule has 0 bridgehead atoms. The highest BCUT2D eigenvalue weighted by atomic mass is 35.5. The van der Waals surface area contributed by atoms with Gasteiger partial charge in [0.25, 0.3) is 5.91 Å². The fraction of sp³-hybridized carbons (Fsp3) is 0.200. The van der Waals surface area contributed by atoms with Crippen molar-refractivity contribution < 1.29 is 9.59 Å². The normalized spacial score (nSPS) is 10.6. The predicted octanol–water partition coefficient (Wildman–Crippen LogP) is 5.12. The van der Waals surface area contributed by atoms with Gasteiger partial charge in [0.2, 0.25) is 5.91 Å². The largest absolute Gasteiger partial charge is 0.332 e. The van der Waals surface area contributed by atoms with E-state index in [2.05, 4.69) is 20.9 Å². The van der Waals surface area contributed by atoms with Gasteiger partial charge in [0.05, 0.1) is 20.8 Å². The van der Waals surface area contributed by atoms with Crippen molar-refractivity contribution in [2.45, 2.75) is 26.7 Å². The van der Waals surface area contributed by atoms with Crippen molar-refractivity contribution in [3.05, 3.63) is 52.5 Å². The number of aryl methyl sites for hydroxylation is 1. The Balaban J connectivity index is 1.66. The number of aromatic nitrogens is 1. The lowest BCUT2D eigenvalue weighted by atomic mass is 10.1. The Morgan fingerprint density at radius 2 is 1.97 bits per heavy atom. The molecule has 0 aliphatic heterocycles. The molecule has 3 aromatic rings. The first kappa shape index (κ1) is 21.2. The minimum atomic E-state index is -0.382. The van der Waals surface area contributed by atoms with Gasteiger partial charge >= 0.3 is 0 Å². The maximum Gasteiger partial charge on any atom is 0.258 e. The van der Waals surface area contributed by atoms with E-state index in [-0.39, 0.29) is 16.9 Å². The molecule has 0 saturated carbocycles. The van der Waals surface area contributed by atoms with E-state index in [9.17, 15) is 9.59 Å². The van der Waals surface area contributed by atoms with Crippen LogP contribution in [0.15, 0.2) is 36.4 Å². The lowest BCUT2D eigenvalue weighted by Crippen LogP contribution is -2.34. The second-order valence-electron chi connectivity index (χ2n) is 6.39. The van der Waals surface area contributed by atoms with Crippen LogP contribution in [0.4, 0.5) is 10.8 Å². The van der Waals surface area contributed by atoms with Crippen molar-refractivity contribution in [1.29, 1.82) is 0 Å². The second kappa shape index (κ2) is 9.30. The molecule has 0 aliphatic rings. The summed E-state index contributed by atoms with van der Waals surface area (Å²) in [5.74, 6) is -0.434. The van der Waals surface area contributed by atoms with Crippen molar-refractivity contribution >= 4 is 73.1 Å². The van der Waals surface area contributed by atoms with Gasteiger partial charge in [-0.15, -0.1) is 0 Å². The fourth-order valence-corrected chi connectivity index (χ4v) is 4.05. The number of carbonyl (C=O) groups is 2. The molecular formula is C20H19ClN4O2S2. The summed E-state index contributed by atoms with van der Waals surface area (Å²) in [5, 5.41) is 9.49. The molecular weight excluding hydrogens is 428 g/mol. The topological polar surface area (TPSA) is 83.1 Å². The van der Waals surface area contributed by atoms with Gasteiger partial charge in [0.15, 0.2) is 10.2 Å². The lowest BCUT2D eigenvalue weighted by molar-refractivity contribution is -0.116. The maximum atomic E-state index is 12.4. The van der Waals surface area contributed by atoms with Gasteiger partial charge in [-0.3, -0.25) is 14.9 Å². The van der Waals surface area contributed by atoms with E-state index in [0.29, 0.717) is 27.8 Å². The summed E-state index contributed by atoms with van der Waals surface area (Å²) in [6, 6.07) is 10.7. The van der Waals surface area contributed by atoms with Gasteiger partial charge in [-0.2, -0.15) is 0 Å². The average Bonchev–Trinajstić information content (AvgIpc) is 3.02. The molecule has 29 heavy (non-hydrogen) atoms. The number of thiazole rings is 1. The molecule has 2 aromatic carbocycles. The SMILES string of the molecule is CCCC(=O)Nc1nc2ccc(NC(=S)NC(=O)c3ccc(C)cc3Cl)cc2s1. The van der Waals surface area contributed by atoms with E-state index >= 15 is 0 Å². The number of carbonyl (C=O) groups excluding carboxylic acids is 2. The molecule has 0 fully saturated rings. The third-order valence-electron chi connectivity index (χ3n) is 3.97. The monoisotopic (exact) mass is 446 g/mol. The molecule has 1 heterocycles. The van der Waals surface area contributed by atoms with Crippen LogP contribution in [-0.2, 0) is 4.79 Å². The highest BCUT2D eigenvalue weighted by Gasteiger charge is 2.13. The molecule has 0 radical (unpaired) electrons. The molecule has 2 amide bonds. The van der Waals surface area contributed by atoms with Crippen molar-refractivity contribution in [3.63, 3.8) is 0 Å². The van der Waals surface area contributed by atoms with Crippen LogP contribution in [0.2, 0.25) is 5.02 Å². The highest BCUT2D eigenvalue weighted by Crippen LogP contribution is 2.28. The first-order valence-corrected chi connectivity index (χ1v) is 10.5. The van der Waals surface area contributed by atoms with Gasteiger partial charge in [-0.05, 0) is 61.5 Å². The molecule has 0 saturated heterocycles. The van der Waals surface area contributed by atoms with E-state index < -0.39 is 0 Å². The van der Waals surface area contributed by atoms with Crippen molar-refractivity contribution in [2.75, 3.05) is 10.6 Å². The number of hydrogen-bond donors (Lipinski definition) is 3. The summed E-state index contributed by atoms with van der Waals surface area (Å²) in [4.78, 5) is 28.5. The first-order valence-electron chi connectivity index (χ1n) is 8.94. The number of amides is 2. The Bertz CT molecular complexity index is 1100. The zero-order chi connectivity index (χ0) is 21.0. The number of anilines is 2. The van der Waals surface area contributed by atoms with E-state index in [1.54, 1.807) is 18.2 Å². The van der Waals surface area contributed by atoms with Gasteiger partial charge < -0.3 is 10.6 Å². The molecule has 0 spiro atoms.